The molecule has 0 bridgehead atoms. The highest BCUT2D eigenvalue weighted by Gasteiger charge is 2.29. The molecular formula is C12H18N2O. The number of anilines is 1. The molecule has 0 fully saturated rings. The van der Waals surface area contributed by atoms with Crippen LogP contribution in [0.1, 0.15) is 18.4 Å². The molecule has 2 unspecified atom stereocenters. The van der Waals surface area contributed by atoms with Crippen LogP contribution in [-0.2, 0) is 0 Å². The standard InChI is InChI=1S/C12H18N2O/c1-8(13-2)9-7-14-10-5-4-6-11(15-3)12(9)10/h4-6,8-9,13-14H,7H2,1-3H3. The second-order valence-corrected chi connectivity index (χ2v) is 3.99. The molecule has 0 saturated carbocycles. The molecule has 2 rings (SSSR count). The summed E-state index contributed by atoms with van der Waals surface area (Å²) >= 11 is 0. The van der Waals surface area contributed by atoms with Crippen LogP contribution >= 0.6 is 0 Å². The molecule has 0 aliphatic carbocycles. The van der Waals surface area contributed by atoms with Crippen LogP contribution in [-0.4, -0.2) is 26.7 Å². The predicted molar refractivity (Wildman–Crippen MR) is 62.7 cm³/mol. The summed E-state index contributed by atoms with van der Waals surface area (Å²) in [6, 6.07) is 6.62. The topological polar surface area (TPSA) is 33.3 Å². The van der Waals surface area contributed by atoms with E-state index in [4.69, 9.17) is 4.74 Å². The van der Waals surface area contributed by atoms with Gasteiger partial charge in [0.1, 0.15) is 5.75 Å². The molecule has 1 heterocycles. The Labute approximate surface area is 90.8 Å². The van der Waals surface area contributed by atoms with Crippen LogP contribution in [0.3, 0.4) is 0 Å². The monoisotopic (exact) mass is 206 g/mol. The molecule has 1 aromatic rings. The van der Waals surface area contributed by atoms with Crippen molar-refractivity contribution in [3.8, 4) is 5.75 Å². The van der Waals surface area contributed by atoms with E-state index in [9.17, 15) is 0 Å². The van der Waals surface area contributed by atoms with Gasteiger partial charge in [0.25, 0.3) is 0 Å². The quantitative estimate of drug-likeness (QED) is 0.791. The number of nitrogens with one attached hydrogen (secondary N) is 2. The van der Waals surface area contributed by atoms with Crippen LogP contribution < -0.4 is 15.4 Å². The molecule has 1 aromatic carbocycles. The first-order chi connectivity index (χ1) is 7.27. The Morgan fingerprint density at radius 3 is 3.00 bits per heavy atom. The van der Waals surface area contributed by atoms with Gasteiger partial charge >= 0.3 is 0 Å². The summed E-state index contributed by atoms with van der Waals surface area (Å²) < 4.78 is 5.41. The molecule has 0 saturated heterocycles. The largest absolute Gasteiger partial charge is 0.496 e. The van der Waals surface area contributed by atoms with Gasteiger partial charge in [-0.05, 0) is 26.1 Å². The van der Waals surface area contributed by atoms with Gasteiger partial charge in [-0.1, -0.05) is 6.07 Å². The Kier molecular flexibility index (Phi) is 2.82. The van der Waals surface area contributed by atoms with Crippen molar-refractivity contribution in [2.75, 3.05) is 26.0 Å². The molecule has 1 aliphatic rings. The van der Waals surface area contributed by atoms with E-state index in [0.29, 0.717) is 12.0 Å². The molecule has 0 amide bonds. The number of likely N-dealkylation sites (N-methyl/N-ethyl adjacent to an activating group) is 1. The van der Waals surface area contributed by atoms with Crippen molar-refractivity contribution >= 4 is 5.69 Å². The van der Waals surface area contributed by atoms with Gasteiger partial charge in [0.2, 0.25) is 0 Å². The fourth-order valence-electron chi connectivity index (χ4n) is 2.21. The first-order valence-electron chi connectivity index (χ1n) is 5.36. The Balaban J connectivity index is 2.39. The van der Waals surface area contributed by atoms with E-state index in [2.05, 4.69) is 23.6 Å². The van der Waals surface area contributed by atoms with E-state index in [-0.39, 0.29) is 0 Å². The first kappa shape index (κ1) is 10.3. The molecule has 2 atom stereocenters. The Bertz CT molecular complexity index is 351. The maximum absolute atomic E-state index is 5.41. The van der Waals surface area contributed by atoms with Gasteiger partial charge in [-0.2, -0.15) is 0 Å². The van der Waals surface area contributed by atoms with Crippen LogP contribution in [0.2, 0.25) is 0 Å². The summed E-state index contributed by atoms with van der Waals surface area (Å²) in [6.45, 7) is 3.19. The van der Waals surface area contributed by atoms with Crippen molar-refractivity contribution in [3.63, 3.8) is 0 Å². The minimum Gasteiger partial charge on any atom is -0.496 e. The number of hydrogen-bond donors (Lipinski definition) is 2. The van der Waals surface area contributed by atoms with Gasteiger partial charge < -0.3 is 15.4 Å². The van der Waals surface area contributed by atoms with Crippen molar-refractivity contribution in [2.45, 2.75) is 18.9 Å². The summed E-state index contributed by atoms with van der Waals surface area (Å²) in [5.41, 5.74) is 2.52. The van der Waals surface area contributed by atoms with Gasteiger partial charge in [-0.3, -0.25) is 0 Å². The minimum absolute atomic E-state index is 0.454. The number of benzene rings is 1. The SMILES string of the molecule is CNC(C)C1CNc2cccc(OC)c21. The average molecular weight is 206 g/mol. The highest BCUT2D eigenvalue weighted by Crippen LogP contribution is 2.39. The van der Waals surface area contributed by atoms with Crippen molar-refractivity contribution in [2.24, 2.45) is 0 Å². The summed E-state index contributed by atoms with van der Waals surface area (Å²) in [6.07, 6.45) is 0. The molecule has 0 spiro atoms. The zero-order chi connectivity index (χ0) is 10.8. The number of hydrogen-bond acceptors (Lipinski definition) is 3. The van der Waals surface area contributed by atoms with Gasteiger partial charge in [-0.15, -0.1) is 0 Å². The van der Waals surface area contributed by atoms with E-state index in [1.807, 2.05) is 19.2 Å². The van der Waals surface area contributed by atoms with Crippen LogP contribution in [0.4, 0.5) is 5.69 Å². The Morgan fingerprint density at radius 2 is 2.33 bits per heavy atom. The second kappa shape index (κ2) is 4.11. The zero-order valence-electron chi connectivity index (χ0n) is 9.50. The van der Waals surface area contributed by atoms with Gasteiger partial charge in [0.05, 0.1) is 7.11 Å². The summed E-state index contributed by atoms with van der Waals surface area (Å²) in [5.74, 6) is 1.48. The molecule has 3 heteroatoms. The maximum atomic E-state index is 5.41. The third-order valence-electron chi connectivity index (χ3n) is 3.23. The summed E-state index contributed by atoms with van der Waals surface area (Å²) in [5, 5.41) is 6.72. The van der Waals surface area contributed by atoms with Crippen molar-refractivity contribution in [3.05, 3.63) is 23.8 Å². The van der Waals surface area contributed by atoms with Crippen molar-refractivity contribution in [1.29, 1.82) is 0 Å². The Hall–Kier alpha value is -1.22. The van der Waals surface area contributed by atoms with Gasteiger partial charge in [0, 0.05) is 29.8 Å². The average Bonchev–Trinajstić information content (AvgIpc) is 2.71. The number of fused-ring (bicyclic) bond motifs is 1. The predicted octanol–water partition coefficient (Wildman–Crippen LogP) is 1.81. The second-order valence-electron chi connectivity index (χ2n) is 3.99. The van der Waals surface area contributed by atoms with E-state index in [0.717, 1.165) is 12.3 Å². The lowest BCUT2D eigenvalue weighted by Crippen LogP contribution is -2.30. The maximum Gasteiger partial charge on any atom is 0.124 e. The van der Waals surface area contributed by atoms with Crippen molar-refractivity contribution < 1.29 is 4.74 Å². The number of ether oxygens (including phenoxy) is 1. The van der Waals surface area contributed by atoms with E-state index in [1.165, 1.54) is 11.3 Å². The van der Waals surface area contributed by atoms with Crippen LogP contribution in [0, 0.1) is 0 Å². The lowest BCUT2D eigenvalue weighted by atomic mass is 9.94. The van der Waals surface area contributed by atoms with Gasteiger partial charge in [-0.25, -0.2) is 0 Å². The molecular weight excluding hydrogens is 188 g/mol. The first-order valence-corrected chi connectivity index (χ1v) is 5.36. The van der Waals surface area contributed by atoms with Crippen LogP contribution in [0.5, 0.6) is 5.75 Å². The molecule has 2 N–H and O–H groups in total. The van der Waals surface area contributed by atoms with E-state index in [1.54, 1.807) is 7.11 Å². The minimum atomic E-state index is 0.454. The van der Waals surface area contributed by atoms with Crippen LogP contribution in [0.25, 0.3) is 0 Å². The molecule has 3 nitrogen and oxygen atoms in total. The molecule has 0 radical (unpaired) electrons. The third-order valence-corrected chi connectivity index (χ3v) is 3.23. The van der Waals surface area contributed by atoms with Gasteiger partial charge in [0.15, 0.2) is 0 Å². The molecule has 1 aliphatic heterocycles. The molecule has 82 valence electrons. The summed E-state index contributed by atoms with van der Waals surface area (Å²) in [7, 11) is 3.73. The Morgan fingerprint density at radius 1 is 1.53 bits per heavy atom. The summed E-state index contributed by atoms with van der Waals surface area (Å²) in [4.78, 5) is 0. The highest BCUT2D eigenvalue weighted by molar-refractivity contribution is 5.63. The number of rotatable bonds is 3. The lowest BCUT2D eigenvalue weighted by Gasteiger charge is -2.20. The highest BCUT2D eigenvalue weighted by atomic mass is 16.5. The number of methoxy groups -OCH3 is 1. The lowest BCUT2D eigenvalue weighted by molar-refractivity contribution is 0.402. The fourth-order valence-corrected chi connectivity index (χ4v) is 2.21. The van der Waals surface area contributed by atoms with Crippen molar-refractivity contribution in [1.82, 2.24) is 5.32 Å². The smallest absolute Gasteiger partial charge is 0.124 e. The van der Waals surface area contributed by atoms with Crippen LogP contribution in [0.15, 0.2) is 18.2 Å². The zero-order valence-corrected chi connectivity index (χ0v) is 9.50. The van der Waals surface area contributed by atoms with E-state index < -0.39 is 0 Å². The van der Waals surface area contributed by atoms with E-state index >= 15 is 0 Å². The normalized spacial score (nSPS) is 20.6. The fraction of sp³-hybridized carbons (Fsp3) is 0.500. The third kappa shape index (κ3) is 1.67. The molecule has 15 heavy (non-hydrogen) atoms. The molecule has 0 aromatic heterocycles.